The molecule has 1 aliphatic rings. The molecule has 6 nitrogen and oxygen atoms in total. The van der Waals surface area contributed by atoms with Crippen LogP contribution in [0.15, 0.2) is 16.7 Å². The average Bonchev–Trinajstić information content (AvgIpc) is 2.94. The van der Waals surface area contributed by atoms with E-state index in [9.17, 15) is 0 Å². The molecular formula is C13H13BrN4O2. The Kier molecular flexibility index (Phi) is 2.64. The molecule has 0 bridgehead atoms. The summed E-state index contributed by atoms with van der Waals surface area (Å²) < 4.78 is 14.2. The number of aromatic nitrogens is 3. The number of imidazole rings is 2. The molecule has 1 aliphatic heterocycles. The van der Waals surface area contributed by atoms with E-state index in [4.69, 9.17) is 15.2 Å². The van der Waals surface area contributed by atoms with Gasteiger partial charge in [-0.1, -0.05) is 0 Å². The van der Waals surface area contributed by atoms with Crippen molar-refractivity contribution >= 4 is 32.7 Å². The second-order valence-electron chi connectivity index (χ2n) is 4.69. The van der Waals surface area contributed by atoms with Crippen LogP contribution in [0.3, 0.4) is 0 Å². The highest BCUT2D eigenvalue weighted by Gasteiger charge is 2.18. The lowest BCUT2D eigenvalue weighted by Gasteiger charge is -2.17. The molecule has 0 saturated heterocycles. The first-order valence-electron chi connectivity index (χ1n) is 6.46. The SMILES string of the molecule is NCCc1[nH]c2nc3cc4c(cc3n2c1Br)OCCO4. The molecule has 2 aromatic heterocycles. The van der Waals surface area contributed by atoms with Gasteiger partial charge in [0.1, 0.15) is 17.8 Å². The van der Waals surface area contributed by atoms with Crippen LogP contribution in [0, 0.1) is 0 Å². The molecule has 20 heavy (non-hydrogen) atoms. The maximum atomic E-state index is 5.63. The summed E-state index contributed by atoms with van der Waals surface area (Å²) in [4.78, 5) is 7.88. The van der Waals surface area contributed by atoms with Gasteiger partial charge in [-0.25, -0.2) is 4.98 Å². The first kappa shape index (κ1) is 12.0. The van der Waals surface area contributed by atoms with Gasteiger partial charge >= 0.3 is 0 Å². The molecular weight excluding hydrogens is 324 g/mol. The lowest BCUT2D eigenvalue weighted by atomic mass is 10.2. The monoisotopic (exact) mass is 336 g/mol. The number of nitrogens with one attached hydrogen (secondary N) is 1. The fourth-order valence-electron chi connectivity index (χ4n) is 2.53. The van der Waals surface area contributed by atoms with E-state index in [2.05, 4.69) is 25.9 Å². The highest BCUT2D eigenvalue weighted by atomic mass is 79.9. The molecule has 7 heteroatoms. The van der Waals surface area contributed by atoms with Crippen LogP contribution in [0.4, 0.5) is 0 Å². The van der Waals surface area contributed by atoms with Crippen LogP contribution in [-0.4, -0.2) is 34.1 Å². The summed E-state index contributed by atoms with van der Waals surface area (Å²) in [5.41, 5.74) is 8.52. The number of H-pyrrole nitrogens is 1. The topological polar surface area (TPSA) is 77.6 Å². The Bertz CT molecular complexity index is 808. The Morgan fingerprint density at radius 2 is 2.05 bits per heavy atom. The Labute approximate surface area is 123 Å². The van der Waals surface area contributed by atoms with Crippen LogP contribution in [-0.2, 0) is 6.42 Å². The van der Waals surface area contributed by atoms with Gasteiger partial charge in [0.05, 0.1) is 16.7 Å². The zero-order valence-electron chi connectivity index (χ0n) is 10.6. The third-order valence-corrected chi connectivity index (χ3v) is 4.25. The molecule has 3 heterocycles. The van der Waals surface area contributed by atoms with E-state index in [1.165, 1.54) is 0 Å². The normalized spacial score (nSPS) is 14.3. The maximum absolute atomic E-state index is 5.63. The number of rotatable bonds is 2. The molecule has 0 fully saturated rings. The van der Waals surface area contributed by atoms with Crippen molar-refractivity contribution < 1.29 is 9.47 Å². The van der Waals surface area contributed by atoms with Crippen molar-refractivity contribution in [2.45, 2.75) is 6.42 Å². The number of benzene rings is 1. The first-order valence-corrected chi connectivity index (χ1v) is 7.25. The average molecular weight is 337 g/mol. The van der Waals surface area contributed by atoms with Gasteiger partial charge in [0.25, 0.3) is 0 Å². The Morgan fingerprint density at radius 1 is 1.30 bits per heavy atom. The molecule has 0 aliphatic carbocycles. The summed E-state index contributed by atoms with van der Waals surface area (Å²) >= 11 is 3.61. The van der Waals surface area contributed by atoms with E-state index in [-0.39, 0.29) is 0 Å². The standard InChI is InChI=1S/C13H13BrN4O2/c14-12-7(1-2-15)16-13-17-8-5-10-11(20-4-3-19-10)6-9(8)18(12)13/h5-6H,1-4,15H2,(H,16,17). The number of nitrogens with zero attached hydrogens (tertiary/aromatic N) is 2. The Balaban J connectivity index is 1.99. The van der Waals surface area contributed by atoms with Crippen LogP contribution < -0.4 is 15.2 Å². The molecule has 4 rings (SSSR count). The molecule has 0 atom stereocenters. The second kappa shape index (κ2) is 4.39. The molecule has 0 saturated carbocycles. The molecule has 3 N–H and O–H groups in total. The third-order valence-electron chi connectivity index (χ3n) is 3.42. The van der Waals surface area contributed by atoms with Crippen LogP contribution >= 0.6 is 15.9 Å². The van der Waals surface area contributed by atoms with E-state index < -0.39 is 0 Å². The smallest absolute Gasteiger partial charge is 0.213 e. The first-order chi connectivity index (χ1) is 9.78. The highest BCUT2D eigenvalue weighted by molar-refractivity contribution is 9.10. The van der Waals surface area contributed by atoms with Gasteiger partial charge in [0.15, 0.2) is 11.5 Å². The minimum Gasteiger partial charge on any atom is -0.486 e. The lowest BCUT2D eigenvalue weighted by molar-refractivity contribution is 0.172. The number of halogens is 1. The van der Waals surface area contributed by atoms with Crippen molar-refractivity contribution in [2.75, 3.05) is 19.8 Å². The van der Waals surface area contributed by atoms with E-state index in [0.29, 0.717) is 19.8 Å². The number of ether oxygens (including phenoxy) is 2. The number of hydrogen-bond acceptors (Lipinski definition) is 4. The van der Waals surface area contributed by atoms with Gasteiger partial charge in [-0.05, 0) is 22.5 Å². The summed E-state index contributed by atoms with van der Waals surface area (Å²) in [6.07, 6.45) is 0.774. The quantitative estimate of drug-likeness (QED) is 0.748. The van der Waals surface area contributed by atoms with Crippen LogP contribution in [0.25, 0.3) is 16.8 Å². The predicted molar refractivity (Wildman–Crippen MR) is 78.5 cm³/mol. The molecule has 0 radical (unpaired) electrons. The van der Waals surface area contributed by atoms with Crippen LogP contribution in [0.2, 0.25) is 0 Å². The lowest BCUT2D eigenvalue weighted by Crippen LogP contribution is -2.15. The van der Waals surface area contributed by atoms with Crippen molar-refractivity contribution in [3.63, 3.8) is 0 Å². The number of nitrogens with two attached hydrogens (primary N) is 1. The third kappa shape index (κ3) is 1.63. The summed E-state index contributed by atoms with van der Waals surface area (Å²) in [6, 6.07) is 3.88. The van der Waals surface area contributed by atoms with Crippen molar-refractivity contribution in [2.24, 2.45) is 5.73 Å². The van der Waals surface area contributed by atoms with E-state index >= 15 is 0 Å². The van der Waals surface area contributed by atoms with Gasteiger partial charge in [-0.3, -0.25) is 4.40 Å². The van der Waals surface area contributed by atoms with Crippen LogP contribution in [0.5, 0.6) is 11.5 Å². The zero-order chi connectivity index (χ0) is 13.7. The zero-order valence-corrected chi connectivity index (χ0v) is 12.2. The van der Waals surface area contributed by atoms with Crippen molar-refractivity contribution in [1.29, 1.82) is 0 Å². The van der Waals surface area contributed by atoms with Crippen molar-refractivity contribution in [3.8, 4) is 11.5 Å². The van der Waals surface area contributed by atoms with E-state index in [1.54, 1.807) is 0 Å². The van der Waals surface area contributed by atoms with E-state index in [1.807, 2.05) is 16.5 Å². The predicted octanol–water partition coefficient (Wildman–Crippen LogP) is 1.85. The number of aromatic amines is 1. The molecule has 3 aromatic rings. The summed E-state index contributed by atoms with van der Waals surface area (Å²) in [5.74, 6) is 2.31. The van der Waals surface area contributed by atoms with Crippen molar-refractivity contribution in [3.05, 3.63) is 22.4 Å². The summed E-state index contributed by atoms with van der Waals surface area (Å²) in [5, 5.41) is 0. The summed E-state index contributed by atoms with van der Waals surface area (Å²) in [7, 11) is 0. The van der Waals surface area contributed by atoms with Crippen LogP contribution in [0.1, 0.15) is 5.69 Å². The van der Waals surface area contributed by atoms with Gasteiger partial charge in [0.2, 0.25) is 5.78 Å². The molecule has 0 spiro atoms. The molecule has 104 valence electrons. The summed E-state index contributed by atoms with van der Waals surface area (Å²) in [6.45, 7) is 1.74. The largest absolute Gasteiger partial charge is 0.486 e. The van der Waals surface area contributed by atoms with Gasteiger partial charge in [0, 0.05) is 18.6 Å². The minimum atomic E-state index is 0.577. The number of hydrogen-bond donors (Lipinski definition) is 2. The molecule has 0 amide bonds. The second-order valence-corrected chi connectivity index (χ2v) is 5.44. The fourth-order valence-corrected chi connectivity index (χ4v) is 3.18. The highest BCUT2D eigenvalue weighted by Crippen LogP contribution is 2.36. The van der Waals surface area contributed by atoms with E-state index in [0.717, 1.165) is 45.0 Å². The van der Waals surface area contributed by atoms with Gasteiger partial charge in [-0.2, -0.15) is 0 Å². The van der Waals surface area contributed by atoms with Gasteiger partial charge < -0.3 is 20.2 Å². The fraction of sp³-hybridized carbons (Fsp3) is 0.308. The molecule has 1 aromatic carbocycles. The Morgan fingerprint density at radius 3 is 2.80 bits per heavy atom. The van der Waals surface area contributed by atoms with Crippen molar-refractivity contribution in [1.82, 2.24) is 14.4 Å². The molecule has 0 unspecified atom stereocenters. The minimum absolute atomic E-state index is 0.577. The van der Waals surface area contributed by atoms with Gasteiger partial charge in [-0.15, -0.1) is 0 Å². The maximum Gasteiger partial charge on any atom is 0.213 e. The Hall–Kier alpha value is -1.73. The number of fused-ring (bicyclic) bond motifs is 4.